The van der Waals surface area contributed by atoms with E-state index in [-0.39, 0.29) is 29.4 Å². The van der Waals surface area contributed by atoms with Crippen molar-refractivity contribution >= 4 is 20.2 Å². The van der Waals surface area contributed by atoms with E-state index in [0.29, 0.717) is 12.1 Å². The molecule has 1 aromatic carbocycles. The summed E-state index contributed by atoms with van der Waals surface area (Å²) in [5, 5.41) is 0.0691. The van der Waals surface area contributed by atoms with Gasteiger partial charge in [0.15, 0.2) is 14.1 Å². The first-order valence-corrected chi connectivity index (χ1v) is 12.1. The summed E-state index contributed by atoms with van der Waals surface area (Å²) < 4.78 is 11.5. The summed E-state index contributed by atoms with van der Waals surface area (Å²) in [6.45, 7) is 11.5. The summed E-state index contributed by atoms with van der Waals surface area (Å²) in [4.78, 5) is 26.6. The average Bonchev–Trinajstić information content (AvgIpc) is 2.95. The largest absolute Gasteiger partial charge is 0.453 e. The third kappa shape index (κ3) is 4.54. The summed E-state index contributed by atoms with van der Waals surface area (Å²) in [6, 6.07) is 8.92. The number of carbonyl (C=O) groups excluding carboxylic acids is 2. The molecule has 0 radical (unpaired) electrons. The van der Waals surface area contributed by atoms with Gasteiger partial charge in [0, 0.05) is 18.5 Å². The van der Waals surface area contributed by atoms with Crippen LogP contribution in [0.15, 0.2) is 30.3 Å². The van der Waals surface area contributed by atoms with E-state index >= 15 is 0 Å². The number of rotatable bonds is 5. The molecule has 0 aromatic heterocycles. The lowest BCUT2D eigenvalue weighted by atomic mass is 10.0. The zero-order valence-electron chi connectivity index (χ0n) is 16.7. The molecule has 144 valence electrons. The Bertz CT molecular complexity index is 639. The summed E-state index contributed by atoms with van der Waals surface area (Å²) >= 11 is 0. The number of hydrogen-bond donors (Lipinski definition) is 0. The molecule has 1 aliphatic heterocycles. The maximum Gasteiger partial charge on any atom is 0.409 e. The number of benzene rings is 1. The highest BCUT2D eigenvalue weighted by Gasteiger charge is 2.46. The van der Waals surface area contributed by atoms with Crippen molar-refractivity contribution in [2.45, 2.75) is 63.9 Å². The Labute approximate surface area is 157 Å². The van der Waals surface area contributed by atoms with Crippen molar-refractivity contribution in [1.29, 1.82) is 0 Å². The van der Waals surface area contributed by atoms with Crippen molar-refractivity contribution in [1.82, 2.24) is 4.90 Å². The Kier molecular flexibility index (Phi) is 6.29. The van der Waals surface area contributed by atoms with Crippen molar-refractivity contribution in [3.63, 3.8) is 0 Å². The first kappa shape index (κ1) is 20.6. The van der Waals surface area contributed by atoms with E-state index in [0.717, 1.165) is 6.42 Å². The van der Waals surface area contributed by atoms with Gasteiger partial charge in [-0.3, -0.25) is 4.79 Å². The fourth-order valence-corrected chi connectivity index (χ4v) is 4.42. The van der Waals surface area contributed by atoms with Gasteiger partial charge < -0.3 is 14.1 Å². The van der Waals surface area contributed by atoms with Crippen LogP contribution in [0, 0.1) is 0 Å². The van der Waals surface area contributed by atoms with Gasteiger partial charge in [-0.15, -0.1) is 0 Å². The quantitative estimate of drug-likeness (QED) is 0.560. The van der Waals surface area contributed by atoms with Crippen LogP contribution < -0.4 is 0 Å². The molecular formula is C20H31NO4Si. The predicted octanol–water partition coefficient (Wildman–Crippen LogP) is 4.49. The van der Waals surface area contributed by atoms with Gasteiger partial charge in [-0.25, -0.2) is 4.79 Å². The molecule has 0 bridgehead atoms. The number of amides is 1. The third-order valence-corrected chi connectivity index (χ3v) is 10.1. The monoisotopic (exact) mass is 377 g/mol. The van der Waals surface area contributed by atoms with Gasteiger partial charge in [-0.2, -0.15) is 0 Å². The van der Waals surface area contributed by atoms with Crippen LogP contribution in [0.5, 0.6) is 0 Å². The summed E-state index contributed by atoms with van der Waals surface area (Å²) in [5.74, 6) is 0.0234. The fraction of sp³-hybridized carbons (Fsp3) is 0.600. The number of likely N-dealkylation sites (tertiary alicyclic amines) is 1. The molecule has 26 heavy (non-hydrogen) atoms. The van der Waals surface area contributed by atoms with E-state index in [1.54, 1.807) is 4.90 Å². The van der Waals surface area contributed by atoms with Crippen LogP contribution in [-0.4, -0.2) is 50.9 Å². The van der Waals surface area contributed by atoms with Crippen molar-refractivity contribution in [2.75, 3.05) is 13.7 Å². The van der Waals surface area contributed by atoms with Crippen molar-refractivity contribution in [3.8, 4) is 0 Å². The topological polar surface area (TPSA) is 55.8 Å². The van der Waals surface area contributed by atoms with Crippen molar-refractivity contribution < 1.29 is 18.8 Å². The van der Waals surface area contributed by atoms with Crippen LogP contribution in [0.2, 0.25) is 18.1 Å². The zero-order valence-corrected chi connectivity index (χ0v) is 17.7. The van der Waals surface area contributed by atoms with Crippen LogP contribution in [0.25, 0.3) is 0 Å². The van der Waals surface area contributed by atoms with E-state index in [1.807, 2.05) is 30.3 Å². The third-order valence-electron chi connectivity index (χ3n) is 5.64. The molecule has 1 amide bonds. The molecule has 0 spiro atoms. The molecule has 1 aliphatic rings. The van der Waals surface area contributed by atoms with Gasteiger partial charge in [0.2, 0.25) is 0 Å². The van der Waals surface area contributed by atoms with Crippen LogP contribution in [-0.2, 0) is 9.16 Å². The normalized spacial score (nSPS) is 20.9. The highest BCUT2D eigenvalue weighted by Crippen LogP contribution is 2.39. The number of hydrogen-bond acceptors (Lipinski definition) is 4. The standard InChI is InChI=1S/C20H31NO4Si/c1-20(2,3)26(5,6)25-18-12-13-21(19(23)24-4)16(18)14-17(22)15-10-8-7-9-11-15/h7-11,16,18H,12-14H2,1-6H3. The minimum Gasteiger partial charge on any atom is -0.453 e. The van der Waals surface area contributed by atoms with Crippen LogP contribution in [0.1, 0.15) is 44.0 Å². The maximum atomic E-state index is 12.7. The minimum absolute atomic E-state index is 0.0234. The smallest absolute Gasteiger partial charge is 0.409 e. The number of carbonyl (C=O) groups is 2. The van der Waals surface area contributed by atoms with E-state index in [9.17, 15) is 9.59 Å². The second kappa shape index (κ2) is 7.92. The van der Waals surface area contributed by atoms with E-state index in [4.69, 9.17) is 9.16 Å². The van der Waals surface area contributed by atoms with Gasteiger partial charge in [0.1, 0.15) is 0 Å². The summed E-state index contributed by atoms with van der Waals surface area (Å²) in [7, 11) is -0.631. The van der Waals surface area contributed by atoms with E-state index in [2.05, 4.69) is 33.9 Å². The fourth-order valence-electron chi connectivity index (χ4n) is 3.04. The van der Waals surface area contributed by atoms with E-state index in [1.165, 1.54) is 7.11 Å². The Hall–Kier alpha value is -1.66. The maximum absolute atomic E-state index is 12.7. The minimum atomic E-state index is -2.01. The van der Waals surface area contributed by atoms with Gasteiger partial charge in [-0.1, -0.05) is 51.1 Å². The van der Waals surface area contributed by atoms with Crippen LogP contribution in [0.4, 0.5) is 4.79 Å². The molecule has 0 aliphatic carbocycles. The molecule has 2 rings (SSSR count). The number of Topliss-reactive ketones (excluding diaryl/α,β-unsaturated/α-hetero) is 1. The Morgan fingerprint density at radius 3 is 2.35 bits per heavy atom. The lowest BCUT2D eigenvalue weighted by Gasteiger charge is -2.40. The van der Waals surface area contributed by atoms with Crippen LogP contribution in [0.3, 0.4) is 0 Å². The molecule has 6 heteroatoms. The highest BCUT2D eigenvalue weighted by atomic mass is 28.4. The zero-order chi connectivity index (χ0) is 19.5. The lowest BCUT2D eigenvalue weighted by molar-refractivity contribution is 0.0765. The first-order chi connectivity index (χ1) is 12.1. The second-order valence-corrected chi connectivity index (χ2v) is 13.2. The lowest BCUT2D eigenvalue weighted by Crippen LogP contribution is -2.49. The number of nitrogens with zero attached hydrogens (tertiary/aromatic N) is 1. The average molecular weight is 378 g/mol. The SMILES string of the molecule is COC(=O)N1CCC(O[Si](C)(C)C(C)(C)C)C1CC(=O)c1ccccc1. The molecule has 1 aromatic rings. The molecule has 1 saturated heterocycles. The van der Waals surface area contributed by atoms with Gasteiger partial charge in [0.25, 0.3) is 0 Å². The molecule has 0 saturated carbocycles. The molecule has 2 unspecified atom stereocenters. The number of methoxy groups -OCH3 is 1. The first-order valence-electron chi connectivity index (χ1n) is 9.17. The summed E-state index contributed by atoms with van der Waals surface area (Å²) in [5.41, 5.74) is 0.662. The number of ether oxygens (including phenoxy) is 1. The van der Waals surface area contributed by atoms with E-state index < -0.39 is 14.4 Å². The van der Waals surface area contributed by atoms with Gasteiger partial charge in [0.05, 0.1) is 19.3 Å². The molecule has 5 nitrogen and oxygen atoms in total. The van der Waals surface area contributed by atoms with Crippen molar-refractivity contribution in [2.24, 2.45) is 0 Å². The second-order valence-electron chi connectivity index (χ2n) is 8.43. The molecule has 0 N–H and O–H groups in total. The van der Waals surface area contributed by atoms with Crippen molar-refractivity contribution in [3.05, 3.63) is 35.9 Å². The molecule has 1 fully saturated rings. The Morgan fingerprint density at radius 1 is 1.19 bits per heavy atom. The number of ketones is 1. The summed E-state index contributed by atoms with van der Waals surface area (Å²) in [6.07, 6.45) is 0.451. The molecular weight excluding hydrogens is 346 g/mol. The van der Waals surface area contributed by atoms with Crippen LogP contribution >= 0.6 is 0 Å². The molecule has 2 atom stereocenters. The van der Waals surface area contributed by atoms with Gasteiger partial charge in [-0.05, 0) is 24.6 Å². The Morgan fingerprint density at radius 2 is 1.81 bits per heavy atom. The Balaban J connectivity index is 2.22. The highest BCUT2D eigenvalue weighted by molar-refractivity contribution is 6.74. The van der Waals surface area contributed by atoms with Gasteiger partial charge >= 0.3 is 6.09 Å². The molecule has 1 heterocycles. The predicted molar refractivity (Wildman–Crippen MR) is 105 cm³/mol.